The molecule has 0 aliphatic carbocycles. The van der Waals surface area contributed by atoms with E-state index in [9.17, 15) is 0 Å². The maximum atomic E-state index is 6.19. The molecule has 1 aliphatic rings. The Balaban J connectivity index is 0.00000288. The summed E-state index contributed by atoms with van der Waals surface area (Å²) in [5.74, 6) is 1.52. The highest BCUT2D eigenvalue weighted by Gasteiger charge is 2.21. The quantitative estimate of drug-likeness (QED) is 0.396. The van der Waals surface area contributed by atoms with E-state index in [4.69, 9.17) is 11.6 Å². The van der Waals surface area contributed by atoms with Crippen LogP contribution in [0.2, 0.25) is 5.02 Å². The molecular formula is C18H30ClIN4. The number of guanidine groups is 1. The van der Waals surface area contributed by atoms with Crippen LogP contribution >= 0.6 is 35.6 Å². The van der Waals surface area contributed by atoms with Gasteiger partial charge in [-0.1, -0.05) is 29.8 Å². The average Bonchev–Trinajstić information content (AvgIpc) is 2.56. The molecule has 24 heavy (non-hydrogen) atoms. The van der Waals surface area contributed by atoms with E-state index in [0.29, 0.717) is 18.5 Å². The summed E-state index contributed by atoms with van der Waals surface area (Å²) in [6.07, 6.45) is 2.58. The van der Waals surface area contributed by atoms with E-state index in [1.165, 1.54) is 25.9 Å². The number of nitrogens with one attached hydrogen (secondary N) is 2. The van der Waals surface area contributed by atoms with Crippen molar-refractivity contribution in [2.75, 3.05) is 26.7 Å². The maximum absolute atomic E-state index is 6.19. The molecule has 1 aromatic carbocycles. The number of hydrogen-bond acceptors (Lipinski definition) is 2. The zero-order valence-corrected chi connectivity index (χ0v) is 18.0. The van der Waals surface area contributed by atoms with Gasteiger partial charge < -0.3 is 15.5 Å². The maximum Gasteiger partial charge on any atom is 0.191 e. The van der Waals surface area contributed by atoms with Crippen molar-refractivity contribution >= 4 is 41.5 Å². The van der Waals surface area contributed by atoms with Crippen LogP contribution in [0.4, 0.5) is 0 Å². The van der Waals surface area contributed by atoms with Crippen molar-refractivity contribution in [1.29, 1.82) is 0 Å². The lowest BCUT2D eigenvalue weighted by molar-refractivity contribution is 0.141. The lowest BCUT2D eigenvalue weighted by atomic mass is 9.97. The van der Waals surface area contributed by atoms with Crippen LogP contribution in [0.15, 0.2) is 29.3 Å². The zero-order valence-electron chi connectivity index (χ0n) is 14.9. The molecule has 136 valence electrons. The first-order chi connectivity index (χ1) is 11.1. The first kappa shape index (κ1) is 21.5. The highest BCUT2D eigenvalue weighted by atomic mass is 127. The zero-order chi connectivity index (χ0) is 16.7. The van der Waals surface area contributed by atoms with Gasteiger partial charge in [0.15, 0.2) is 5.96 Å². The van der Waals surface area contributed by atoms with Crippen molar-refractivity contribution in [3.8, 4) is 0 Å². The molecule has 1 saturated heterocycles. The third kappa shape index (κ3) is 6.76. The van der Waals surface area contributed by atoms with Gasteiger partial charge in [-0.05, 0) is 50.8 Å². The minimum atomic E-state index is 0. The number of aliphatic imine (C=N–C) groups is 1. The van der Waals surface area contributed by atoms with Gasteiger partial charge in [-0.15, -0.1) is 24.0 Å². The molecule has 1 aromatic rings. The Bertz CT molecular complexity index is 521. The number of nitrogens with zero attached hydrogens (tertiary/aromatic N) is 2. The molecule has 0 spiro atoms. The number of piperidine rings is 1. The molecular weight excluding hydrogens is 435 g/mol. The van der Waals surface area contributed by atoms with Gasteiger partial charge in [-0.25, -0.2) is 0 Å². The Morgan fingerprint density at radius 3 is 2.75 bits per heavy atom. The Morgan fingerprint density at radius 2 is 2.08 bits per heavy atom. The van der Waals surface area contributed by atoms with E-state index in [1.807, 2.05) is 31.3 Å². The van der Waals surface area contributed by atoms with Crippen LogP contribution in [0.1, 0.15) is 32.3 Å². The van der Waals surface area contributed by atoms with Crippen molar-refractivity contribution in [2.45, 2.75) is 39.3 Å². The fourth-order valence-electron chi connectivity index (χ4n) is 3.02. The second-order valence-electron chi connectivity index (χ2n) is 6.50. The molecule has 0 saturated carbocycles. The monoisotopic (exact) mass is 464 g/mol. The normalized spacial score (nSPS) is 19.0. The molecule has 4 nitrogen and oxygen atoms in total. The third-order valence-corrected chi connectivity index (χ3v) is 4.84. The molecule has 2 N–H and O–H groups in total. The summed E-state index contributed by atoms with van der Waals surface area (Å²) >= 11 is 6.19. The molecule has 0 radical (unpaired) electrons. The van der Waals surface area contributed by atoms with Crippen LogP contribution in [-0.4, -0.2) is 43.6 Å². The van der Waals surface area contributed by atoms with Crippen molar-refractivity contribution < 1.29 is 0 Å². The van der Waals surface area contributed by atoms with Gasteiger partial charge >= 0.3 is 0 Å². The molecule has 6 heteroatoms. The minimum Gasteiger partial charge on any atom is -0.356 e. The molecule has 1 atom stereocenters. The first-order valence-corrected chi connectivity index (χ1v) is 8.90. The van der Waals surface area contributed by atoms with E-state index >= 15 is 0 Å². The van der Waals surface area contributed by atoms with E-state index in [-0.39, 0.29) is 24.0 Å². The molecule has 1 aliphatic heterocycles. The van der Waals surface area contributed by atoms with Crippen LogP contribution in [0.3, 0.4) is 0 Å². The predicted molar refractivity (Wildman–Crippen MR) is 115 cm³/mol. The smallest absolute Gasteiger partial charge is 0.191 e. The summed E-state index contributed by atoms with van der Waals surface area (Å²) < 4.78 is 0. The van der Waals surface area contributed by atoms with Gasteiger partial charge in [-0.2, -0.15) is 0 Å². The Kier molecular flexibility index (Phi) is 10.0. The van der Waals surface area contributed by atoms with Crippen molar-refractivity contribution in [3.05, 3.63) is 34.9 Å². The minimum absolute atomic E-state index is 0. The van der Waals surface area contributed by atoms with Crippen molar-refractivity contribution in [1.82, 2.24) is 15.5 Å². The number of benzene rings is 1. The molecule has 2 rings (SSSR count). The van der Waals surface area contributed by atoms with E-state index < -0.39 is 0 Å². The van der Waals surface area contributed by atoms with Crippen molar-refractivity contribution in [3.63, 3.8) is 0 Å². The second-order valence-corrected chi connectivity index (χ2v) is 6.90. The van der Waals surface area contributed by atoms with Crippen LogP contribution in [-0.2, 0) is 6.54 Å². The van der Waals surface area contributed by atoms with Gasteiger partial charge in [0.05, 0.1) is 0 Å². The SMILES string of the molecule is CN=C(NCc1ccccc1Cl)NCC1CCCN(C(C)C)C1.I. The van der Waals surface area contributed by atoms with Crippen molar-refractivity contribution in [2.24, 2.45) is 10.9 Å². The molecule has 0 bridgehead atoms. The number of halogens is 2. The van der Waals surface area contributed by atoms with Crippen LogP contribution in [0, 0.1) is 5.92 Å². The number of hydrogen-bond donors (Lipinski definition) is 2. The highest BCUT2D eigenvalue weighted by molar-refractivity contribution is 14.0. The van der Waals surface area contributed by atoms with E-state index in [0.717, 1.165) is 23.1 Å². The summed E-state index contributed by atoms with van der Waals surface area (Å²) in [6, 6.07) is 8.53. The number of rotatable bonds is 5. The highest BCUT2D eigenvalue weighted by Crippen LogP contribution is 2.17. The third-order valence-electron chi connectivity index (χ3n) is 4.47. The Hall–Kier alpha value is -0.530. The van der Waals surface area contributed by atoms with Gasteiger partial charge in [-0.3, -0.25) is 4.99 Å². The summed E-state index contributed by atoms with van der Waals surface area (Å²) in [7, 11) is 1.81. The van der Waals surface area contributed by atoms with E-state index in [2.05, 4.69) is 34.4 Å². The molecule has 1 fully saturated rings. The summed E-state index contributed by atoms with van der Waals surface area (Å²) in [4.78, 5) is 6.87. The largest absolute Gasteiger partial charge is 0.356 e. The Morgan fingerprint density at radius 1 is 1.33 bits per heavy atom. The summed E-state index contributed by atoms with van der Waals surface area (Å²) in [6.45, 7) is 8.60. The number of likely N-dealkylation sites (tertiary alicyclic amines) is 1. The molecule has 0 amide bonds. The standard InChI is InChI=1S/C18H29ClN4.HI/c1-14(2)23-10-6-7-15(13-23)11-21-18(20-3)22-12-16-8-4-5-9-17(16)19;/h4-5,8-9,14-15H,6-7,10-13H2,1-3H3,(H2,20,21,22);1H. The van der Waals surface area contributed by atoms with Gasteiger partial charge in [0.25, 0.3) is 0 Å². The lowest BCUT2D eigenvalue weighted by Gasteiger charge is -2.35. The molecule has 1 heterocycles. The van der Waals surface area contributed by atoms with E-state index in [1.54, 1.807) is 0 Å². The predicted octanol–water partition coefficient (Wildman–Crippen LogP) is 3.74. The summed E-state index contributed by atoms with van der Waals surface area (Å²) in [5, 5.41) is 7.59. The van der Waals surface area contributed by atoms with Gasteiger partial charge in [0, 0.05) is 37.7 Å². The Labute approximate surface area is 168 Å². The fraction of sp³-hybridized carbons (Fsp3) is 0.611. The summed E-state index contributed by atoms with van der Waals surface area (Å²) in [5.41, 5.74) is 1.08. The molecule has 1 unspecified atom stereocenters. The van der Waals surface area contributed by atoms with Crippen LogP contribution < -0.4 is 10.6 Å². The average molecular weight is 465 g/mol. The fourth-order valence-corrected chi connectivity index (χ4v) is 3.22. The molecule has 0 aromatic heterocycles. The van der Waals surface area contributed by atoms with Crippen LogP contribution in [0.25, 0.3) is 0 Å². The first-order valence-electron chi connectivity index (χ1n) is 8.52. The van der Waals surface area contributed by atoms with Gasteiger partial charge in [0.2, 0.25) is 0 Å². The second kappa shape index (κ2) is 11.2. The lowest BCUT2D eigenvalue weighted by Crippen LogP contribution is -2.46. The van der Waals surface area contributed by atoms with Crippen LogP contribution in [0.5, 0.6) is 0 Å². The van der Waals surface area contributed by atoms with Gasteiger partial charge in [0.1, 0.15) is 0 Å². The topological polar surface area (TPSA) is 39.7 Å².